The molecule has 0 spiro atoms. The number of hydrogen-bond acceptors (Lipinski definition) is 4. The minimum atomic E-state index is -0.166. The number of carbonyl (C=O) groups is 1. The van der Waals surface area contributed by atoms with Crippen molar-refractivity contribution in [2.75, 3.05) is 12.4 Å². The largest absolute Gasteiger partial charge is 0.497 e. The molecule has 0 radical (unpaired) electrons. The first-order valence-corrected chi connectivity index (χ1v) is 9.60. The summed E-state index contributed by atoms with van der Waals surface area (Å²) < 4.78 is 11.1. The second-order valence-electron chi connectivity index (χ2n) is 7.07. The summed E-state index contributed by atoms with van der Waals surface area (Å²) in [6, 6.07) is 21.7. The van der Waals surface area contributed by atoms with E-state index in [1.54, 1.807) is 25.3 Å². The second-order valence-corrected chi connectivity index (χ2v) is 7.07. The molecule has 0 atom stereocenters. The summed E-state index contributed by atoms with van der Waals surface area (Å²) in [5.74, 6) is 1.10. The average Bonchev–Trinajstić information content (AvgIpc) is 2.75. The molecule has 1 aromatic heterocycles. The molecular formula is C25H21NO4. The molecule has 0 aliphatic carbocycles. The van der Waals surface area contributed by atoms with Crippen molar-refractivity contribution in [3.05, 3.63) is 94.1 Å². The monoisotopic (exact) mass is 399 g/mol. The van der Waals surface area contributed by atoms with Crippen molar-refractivity contribution in [1.29, 1.82) is 0 Å². The average molecular weight is 399 g/mol. The van der Waals surface area contributed by atoms with Gasteiger partial charge in [0.2, 0.25) is 5.91 Å². The van der Waals surface area contributed by atoms with Crippen molar-refractivity contribution in [3.63, 3.8) is 0 Å². The van der Waals surface area contributed by atoms with E-state index in [1.165, 1.54) is 6.07 Å². The van der Waals surface area contributed by atoms with Gasteiger partial charge in [0.25, 0.3) is 0 Å². The Hall–Kier alpha value is -3.86. The van der Waals surface area contributed by atoms with E-state index in [0.29, 0.717) is 22.4 Å². The number of aryl methyl sites for hydroxylation is 1. The number of carbonyl (C=O) groups excluding carboxylic acids is 1. The van der Waals surface area contributed by atoms with Crippen molar-refractivity contribution in [3.8, 4) is 17.1 Å². The van der Waals surface area contributed by atoms with Gasteiger partial charge in [0.1, 0.15) is 17.1 Å². The Morgan fingerprint density at radius 3 is 2.50 bits per heavy atom. The number of ether oxygens (including phenoxy) is 1. The summed E-state index contributed by atoms with van der Waals surface area (Å²) in [5.41, 5.74) is 3.67. The Kier molecular flexibility index (Phi) is 5.35. The summed E-state index contributed by atoms with van der Waals surface area (Å²) in [4.78, 5) is 25.1. The van der Waals surface area contributed by atoms with Gasteiger partial charge in [-0.1, -0.05) is 36.4 Å². The molecule has 0 aliphatic rings. The van der Waals surface area contributed by atoms with Crippen LogP contribution < -0.4 is 15.5 Å². The third kappa shape index (κ3) is 4.10. The van der Waals surface area contributed by atoms with E-state index in [1.807, 2.05) is 55.5 Å². The van der Waals surface area contributed by atoms with Crippen LogP contribution in [-0.4, -0.2) is 13.0 Å². The Bertz CT molecular complexity index is 1270. The number of methoxy groups -OCH3 is 1. The van der Waals surface area contributed by atoms with Crippen molar-refractivity contribution in [2.45, 2.75) is 13.3 Å². The van der Waals surface area contributed by atoms with Crippen molar-refractivity contribution < 1.29 is 13.9 Å². The summed E-state index contributed by atoms with van der Waals surface area (Å²) in [6.07, 6.45) is 0.225. The Balaban J connectivity index is 1.56. The lowest BCUT2D eigenvalue weighted by Gasteiger charge is -2.09. The van der Waals surface area contributed by atoms with E-state index in [2.05, 4.69) is 5.32 Å². The smallest absolute Gasteiger partial charge is 0.228 e. The Morgan fingerprint density at radius 2 is 1.77 bits per heavy atom. The van der Waals surface area contributed by atoms with Gasteiger partial charge in [-0.15, -0.1) is 0 Å². The summed E-state index contributed by atoms with van der Waals surface area (Å²) in [6.45, 7) is 1.97. The van der Waals surface area contributed by atoms with Gasteiger partial charge in [-0.05, 0) is 48.4 Å². The highest BCUT2D eigenvalue weighted by Crippen LogP contribution is 2.26. The van der Waals surface area contributed by atoms with E-state index in [-0.39, 0.29) is 17.8 Å². The standard InChI is InChI=1S/C25H21NO4/c1-16-5-3-4-6-20(16)24-15-22(27)21-14-18(9-12-23(21)30-24)26-25(28)13-17-7-10-19(29-2)11-8-17/h3-12,14-15H,13H2,1-2H3,(H,26,28). The van der Waals surface area contributed by atoms with Gasteiger partial charge in [0.15, 0.2) is 5.43 Å². The highest BCUT2D eigenvalue weighted by atomic mass is 16.5. The van der Waals surface area contributed by atoms with E-state index >= 15 is 0 Å². The van der Waals surface area contributed by atoms with Gasteiger partial charge in [0.05, 0.1) is 18.9 Å². The molecule has 0 unspecified atom stereocenters. The van der Waals surface area contributed by atoms with Gasteiger partial charge >= 0.3 is 0 Å². The topological polar surface area (TPSA) is 68.5 Å². The number of amides is 1. The van der Waals surface area contributed by atoms with Gasteiger partial charge < -0.3 is 14.5 Å². The van der Waals surface area contributed by atoms with Crippen LogP contribution in [0.4, 0.5) is 5.69 Å². The molecule has 4 aromatic rings. The molecule has 0 aliphatic heterocycles. The molecular weight excluding hydrogens is 378 g/mol. The second kappa shape index (κ2) is 8.25. The quantitative estimate of drug-likeness (QED) is 0.515. The summed E-state index contributed by atoms with van der Waals surface area (Å²) in [7, 11) is 1.60. The van der Waals surface area contributed by atoms with E-state index < -0.39 is 0 Å². The van der Waals surface area contributed by atoms with Crippen molar-refractivity contribution in [1.82, 2.24) is 0 Å². The summed E-state index contributed by atoms with van der Waals surface area (Å²) in [5, 5.41) is 3.27. The van der Waals surface area contributed by atoms with E-state index in [0.717, 1.165) is 22.4 Å². The zero-order valence-electron chi connectivity index (χ0n) is 16.8. The Labute approximate surface area is 173 Å². The van der Waals surface area contributed by atoms with Crippen LogP contribution in [0.3, 0.4) is 0 Å². The van der Waals surface area contributed by atoms with E-state index in [9.17, 15) is 9.59 Å². The van der Waals surface area contributed by atoms with Crippen LogP contribution >= 0.6 is 0 Å². The molecule has 5 heteroatoms. The van der Waals surface area contributed by atoms with Crippen molar-refractivity contribution in [2.24, 2.45) is 0 Å². The SMILES string of the molecule is COc1ccc(CC(=O)Nc2ccc3oc(-c4ccccc4C)cc(=O)c3c2)cc1. The van der Waals surface area contributed by atoms with Gasteiger partial charge in [0, 0.05) is 17.3 Å². The highest BCUT2D eigenvalue weighted by Gasteiger charge is 2.11. The number of fused-ring (bicyclic) bond motifs is 1. The number of rotatable bonds is 5. The van der Waals surface area contributed by atoms with Gasteiger partial charge in [-0.2, -0.15) is 0 Å². The molecule has 1 N–H and O–H groups in total. The zero-order valence-corrected chi connectivity index (χ0v) is 16.8. The first-order valence-electron chi connectivity index (χ1n) is 9.60. The molecule has 4 rings (SSSR count). The molecule has 1 amide bonds. The molecule has 0 fully saturated rings. The first kappa shape index (κ1) is 19.5. The third-order valence-electron chi connectivity index (χ3n) is 4.95. The molecule has 0 bridgehead atoms. The Morgan fingerprint density at radius 1 is 1.00 bits per heavy atom. The lowest BCUT2D eigenvalue weighted by molar-refractivity contribution is -0.115. The minimum absolute atomic E-state index is 0.152. The fourth-order valence-electron chi connectivity index (χ4n) is 3.35. The van der Waals surface area contributed by atoms with Crippen molar-refractivity contribution >= 4 is 22.6 Å². The predicted octanol–water partition coefficient (Wildman–Crippen LogP) is 4.96. The lowest BCUT2D eigenvalue weighted by Crippen LogP contribution is -2.14. The van der Waals surface area contributed by atoms with E-state index in [4.69, 9.17) is 9.15 Å². The molecule has 5 nitrogen and oxygen atoms in total. The number of benzene rings is 3. The van der Waals surface area contributed by atoms with Crippen LogP contribution in [0.2, 0.25) is 0 Å². The fraction of sp³-hybridized carbons (Fsp3) is 0.120. The van der Waals surface area contributed by atoms with Crippen LogP contribution in [0.15, 0.2) is 82.0 Å². The molecule has 0 saturated carbocycles. The van der Waals surface area contributed by atoms with Crippen LogP contribution in [0.25, 0.3) is 22.3 Å². The zero-order chi connectivity index (χ0) is 21.1. The maximum Gasteiger partial charge on any atom is 0.228 e. The molecule has 150 valence electrons. The molecule has 3 aromatic carbocycles. The maximum absolute atomic E-state index is 12.7. The fourth-order valence-corrected chi connectivity index (χ4v) is 3.35. The third-order valence-corrected chi connectivity index (χ3v) is 4.95. The highest BCUT2D eigenvalue weighted by molar-refractivity contribution is 5.94. The molecule has 1 heterocycles. The molecule has 30 heavy (non-hydrogen) atoms. The number of nitrogens with one attached hydrogen (secondary N) is 1. The van der Waals surface area contributed by atoms with Crippen LogP contribution in [0, 0.1) is 6.92 Å². The normalized spacial score (nSPS) is 10.7. The minimum Gasteiger partial charge on any atom is -0.497 e. The summed E-state index contributed by atoms with van der Waals surface area (Å²) >= 11 is 0. The van der Waals surface area contributed by atoms with Gasteiger partial charge in [-0.25, -0.2) is 0 Å². The first-order chi connectivity index (χ1) is 14.5. The van der Waals surface area contributed by atoms with Gasteiger partial charge in [-0.3, -0.25) is 9.59 Å². The number of anilines is 1. The maximum atomic E-state index is 12.7. The number of hydrogen-bond donors (Lipinski definition) is 1. The lowest BCUT2D eigenvalue weighted by atomic mass is 10.1. The van der Waals surface area contributed by atoms with Crippen LogP contribution in [0.1, 0.15) is 11.1 Å². The van der Waals surface area contributed by atoms with Crippen LogP contribution in [0.5, 0.6) is 5.75 Å². The molecule has 0 saturated heterocycles. The predicted molar refractivity (Wildman–Crippen MR) is 118 cm³/mol. The van der Waals surface area contributed by atoms with Crippen LogP contribution in [-0.2, 0) is 11.2 Å².